The fourth-order valence-electron chi connectivity index (χ4n) is 2.75. The van der Waals surface area contributed by atoms with Crippen LogP contribution in [0.4, 0.5) is 4.79 Å². The third-order valence-corrected chi connectivity index (χ3v) is 4.00. The molecule has 1 aromatic rings. The summed E-state index contributed by atoms with van der Waals surface area (Å²) < 4.78 is 10.4. The van der Waals surface area contributed by atoms with Gasteiger partial charge in [0.2, 0.25) is 0 Å². The van der Waals surface area contributed by atoms with Gasteiger partial charge in [-0.15, -0.1) is 0 Å². The van der Waals surface area contributed by atoms with Crippen LogP contribution in [-0.4, -0.2) is 55.3 Å². The van der Waals surface area contributed by atoms with Crippen LogP contribution < -0.4 is 10.6 Å². The Bertz CT molecular complexity index is 535. The number of hydrogen-bond acceptors (Lipinski definition) is 4. The van der Waals surface area contributed by atoms with Crippen LogP contribution in [0.3, 0.4) is 0 Å². The highest BCUT2D eigenvalue weighted by molar-refractivity contribution is 5.80. The van der Waals surface area contributed by atoms with Crippen LogP contribution >= 0.6 is 0 Å². The van der Waals surface area contributed by atoms with Gasteiger partial charge < -0.3 is 24.7 Å². The minimum Gasteiger partial charge on any atom is -0.469 e. The van der Waals surface area contributed by atoms with E-state index in [0.29, 0.717) is 38.3 Å². The highest BCUT2D eigenvalue weighted by Crippen LogP contribution is 2.11. The van der Waals surface area contributed by atoms with E-state index in [1.54, 1.807) is 11.2 Å². The van der Waals surface area contributed by atoms with E-state index in [1.807, 2.05) is 19.1 Å². The zero-order valence-electron chi connectivity index (χ0n) is 15.5. The summed E-state index contributed by atoms with van der Waals surface area (Å²) in [6, 6.07) is 4.46. The number of aliphatic imine (C=N–C) groups is 1. The molecule has 0 bridgehead atoms. The second kappa shape index (κ2) is 9.96. The van der Waals surface area contributed by atoms with Crippen molar-refractivity contribution in [2.45, 2.75) is 52.1 Å². The molecule has 1 aromatic heterocycles. The zero-order chi connectivity index (χ0) is 18.1. The summed E-state index contributed by atoms with van der Waals surface area (Å²) in [6.45, 7) is 8.50. The molecule has 2 rings (SSSR count). The molecule has 7 heteroatoms. The first-order chi connectivity index (χ1) is 12.1. The van der Waals surface area contributed by atoms with Crippen molar-refractivity contribution in [3.05, 3.63) is 24.2 Å². The molecule has 0 spiro atoms. The summed E-state index contributed by atoms with van der Waals surface area (Å²) in [4.78, 5) is 18.2. The van der Waals surface area contributed by atoms with Crippen LogP contribution in [0.25, 0.3) is 0 Å². The third kappa shape index (κ3) is 6.68. The summed E-state index contributed by atoms with van der Waals surface area (Å²) in [5.41, 5.74) is 0. The number of furan rings is 1. The maximum atomic E-state index is 11.8. The summed E-state index contributed by atoms with van der Waals surface area (Å²) >= 11 is 0. The van der Waals surface area contributed by atoms with Gasteiger partial charge in [0, 0.05) is 38.1 Å². The van der Waals surface area contributed by atoms with Crippen molar-refractivity contribution in [3.8, 4) is 0 Å². The lowest BCUT2D eigenvalue weighted by molar-refractivity contribution is 0.0963. The predicted octanol–water partition coefficient (Wildman–Crippen LogP) is 2.39. The highest BCUT2D eigenvalue weighted by Gasteiger charge is 2.24. The smallest absolute Gasteiger partial charge is 0.409 e. The SMILES string of the molecule is CCOC(=O)N1CCC(NC(=NCCc2ccco2)NC(C)C)CC1. The molecular weight excluding hydrogens is 320 g/mol. The van der Waals surface area contributed by atoms with Crippen molar-refractivity contribution in [1.29, 1.82) is 0 Å². The fourth-order valence-corrected chi connectivity index (χ4v) is 2.75. The van der Waals surface area contributed by atoms with Crippen LogP contribution in [0, 0.1) is 0 Å². The van der Waals surface area contributed by atoms with Gasteiger partial charge in [0.05, 0.1) is 12.9 Å². The number of nitrogens with one attached hydrogen (secondary N) is 2. The molecule has 25 heavy (non-hydrogen) atoms. The number of amides is 1. The maximum absolute atomic E-state index is 11.8. The van der Waals surface area contributed by atoms with Gasteiger partial charge >= 0.3 is 6.09 Å². The van der Waals surface area contributed by atoms with Gasteiger partial charge in [-0.25, -0.2) is 4.79 Å². The van der Waals surface area contributed by atoms with E-state index in [-0.39, 0.29) is 6.09 Å². The lowest BCUT2D eigenvalue weighted by atomic mass is 10.1. The number of piperidine rings is 1. The summed E-state index contributed by atoms with van der Waals surface area (Å²) in [5.74, 6) is 1.76. The molecule has 1 fully saturated rings. The van der Waals surface area contributed by atoms with E-state index in [1.165, 1.54) is 0 Å². The molecular formula is C18H30N4O3. The van der Waals surface area contributed by atoms with Gasteiger partial charge in [0.1, 0.15) is 5.76 Å². The topological polar surface area (TPSA) is 79.1 Å². The molecule has 7 nitrogen and oxygen atoms in total. The Balaban J connectivity index is 1.82. The van der Waals surface area contributed by atoms with E-state index < -0.39 is 0 Å². The molecule has 0 aliphatic carbocycles. The van der Waals surface area contributed by atoms with Gasteiger partial charge in [0.15, 0.2) is 5.96 Å². The Morgan fingerprint density at radius 3 is 2.80 bits per heavy atom. The quantitative estimate of drug-likeness (QED) is 0.608. The van der Waals surface area contributed by atoms with Crippen molar-refractivity contribution in [2.75, 3.05) is 26.2 Å². The summed E-state index contributed by atoms with van der Waals surface area (Å²) in [5, 5.41) is 6.85. The molecule has 1 aliphatic heterocycles. The van der Waals surface area contributed by atoms with Crippen molar-refractivity contribution < 1.29 is 13.9 Å². The maximum Gasteiger partial charge on any atom is 0.409 e. The lowest BCUT2D eigenvalue weighted by Gasteiger charge is -2.32. The number of guanidine groups is 1. The second-order valence-corrected chi connectivity index (χ2v) is 6.46. The molecule has 1 aliphatic rings. The molecule has 0 atom stereocenters. The molecule has 0 saturated carbocycles. The van der Waals surface area contributed by atoms with Gasteiger partial charge in [-0.3, -0.25) is 4.99 Å². The van der Waals surface area contributed by atoms with Gasteiger partial charge in [0.25, 0.3) is 0 Å². The zero-order valence-corrected chi connectivity index (χ0v) is 15.5. The minimum atomic E-state index is -0.214. The Hall–Kier alpha value is -2.18. The molecule has 2 N–H and O–H groups in total. The average molecular weight is 350 g/mol. The number of rotatable bonds is 6. The molecule has 0 aromatic carbocycles. The molecule has 2 heterocycles. The number of nitrogens with zero attached hydrogens (tertiary/aromatic N) is 2. The summed E-state index contributed by atoms with van der Waals surface area (Å²) in [7, 11) is 0. The van der Waals surface area contributed by atoms with Crippen molar-refractivity contribution in [2.24, 2.45) is 4.99 Å². The fraction of sp³-hybridized carbons (Fsp3) is 0.667. The van der Waals surface area contributed by atoms with Crippen molar-refractivity contribution in [1.82, 2.24) is 15.5 Å². The Labute approximate surface area is 149 Å². The molecule has 0 unspecified atom stereocenters. The number of carbonyl (C=O) groups is 1. The van der Waals surface area contributed by atoms with Crippen LogP contribution in [0.2, 0.25) is 0 Å². The molecule has 1 saturated heterocycles. The molecule has 0 radical (unpaired) electrons. The van der Waals surface area contributed by atoms with Crippen LogP contribution in [0.5, 0.6) is 0 Å². The first kappa shape index (κ1) is 19.1. The van der Waals surface area contributed by atoms with E-state index in [0.717, 1.165) is 31.0 Å². The van der Waals surface area contributed by atoms with Crippen LogP contribution in [0.1, 0.15) is 39.4 Å². The Morgan fingerprint density at radius 2 is 2.20 bits per heavy atom. The van der Waals surface area contributed by atoms with E-state index >= 15 is 0 Å². The monoisotopic (exact) mass is 350 g/mol. The number of ether oxygens (including phenoxy) is 1. The Kier molecular flexibility index (Phi) is 7.63. The molecule has 140 valence electrons. The normalized spacial score (nSPS) is 16.2. The largest absolute Gasteiger partial charge is 0.469 e. The highest BCUT2D eigenvalue weighted by atomic mass is 16.6. The standard InChI is InChI=1S/C18H30N4O3/c1-4-24-18(23)22-11-8-15(9-12-22)21-17(20-14(2)3)19-10-7-16-6-5-13-25-16/h5-6,13-15H,4,7-12H2,1-3H3,(H2,19,20,21). The van der Waals surface area contributed by atoms with E-state index in [9.17, 15) is 4.79 Å². The first-order valence-electron chi connectivity index (χ1n) is 9.10. The lowest BCUT2D eigenvalue weighted by Crippen LogP contribution is -2.51. The third-order valence-electron chi connectivity index (χ3n) is 4.00. The van der Waals surface area contributed by atoms with Crippen LogP contribution in [-0.2, 0) is 11.2 Å². The molecule has 1 amide bonds. The second-order valence-electron chi connectivity index (χ2n) is 6.46. The van der Waals surface area contributed by atoms with Gasteiger partial charge in [-0.2, -0.15) is 0 Å². The first-order valence-corrected chi connectivity index (χ1v) is 9.10. The van der Waals surface area contributed by atoms with Gasteiger partial charge in [-0.05, 0) is 45.7 Å². The predicted molar refractivity (Wildman–Crippen MR) is 97.7 cm³/mol. The van der Waals surface area contributed by atoms with Gasteiger partial charge in [-0.1, -0.05) is 0 Å². The Morgan fingerprint density at radius 1 is 1.44 bits per heavy atom. The minimum absolute atomic E-state index is 0.214. The summed E-state index contributed by atoms with van der Waals surface area (Å²) in [6.07, 6.45) is 4.01. The van der Waals surface area contributed by atoms with E-state index in [2.05, 4.69) is 29.5 Å². The number of carbonyl (C=O) groups excluding carboxylic acids is 1. The van der Waals surface area contributed by atoms with Crippen molar-refractivity contribution in [3.63, 3.8) is 0 Å². The number of hydrogen-bond donors (Lipinski definition) is 2. The van der Waals surface area contributed by atoms with E-state index in [4.69, 9.17) is 9.15 Å². The number of likely N-dealkylation sites (tertiary alicyclic amines) is 1. The van der Waals surface area contributed by atoms with Crippen LogP contribution in [0.15, 0.2) is 27.8 Å². The van der Waals surface area contributed by atoms with Crippen molar-refractivity contribution >= 4 is 12.1 Å². The average Bonchev–Trinajstić information content (AvgIpc) is 3.08.